The molecule has 0 unspecified atom stereocenters. The number of alkyl halides is 1. The zero-order chi connectivity index (χ0) is 30.6. The Labute approximate surface area is 257 Å². The van der Waals surface area contributed by atoms with Gasteiger partial charge in [-0.15, -0.1) is 0 Å². The quantitative estimate of drug-likeness (QED) is 0.377. The zero-order valence-corrected chi connectivity index (χ0v) is 25.2. The van der Waals surface area contributed by atoms with Crippen molar-refractivity contribution < 1.29 is 23.8 Å². The molecule has 44 heavy (non-hydrogen) atoms. The fourth-order valence-electron chi connectivity index (χ4n) is 5.89. The number of carbonyl (C=O) groups is 1. The molecule has 3 atom stereocenters. The monoisotopic (exact) mass is 605 g/mol. The van der Waals surface area contributed by atoms with Gasteiger partial charge < -0.3 is 29.7 Å². The Kier molecular flexibility index (Phi) is 9.20. The number of piperazine rings is 1. The van der Waals surface area contributed by atoms with E-state index in [-0.39, 0.29) is 6.54 Å². The van der Waals surface area contributed by atoms with Crippen LogP contribution in [0, 0.1) is 12.8 Å². The molecule has 6 rings (SSSR count). The van der Waals surface area contributed by atoms with E-state index in [0.29, 0.717) is 36.4 Å². The number of anilines is 3. The molecule has 0 aliphatic carbocycles. The summed E-state index contributed by atoms with van der Waals surface area (Å²) < 4.78 is 26.2. The van der Waals surface area contributed by atoms with Crippen LogP contribution in [-0.2, 0) is 9.53 Å². The van der Waals surface area contributed by atoms with Gasteiger partial charge in [-0.3, -0.25) is 9.69 Å². The van der Waals surface area contributed by atoms with Crippen molar-refractivity contribution in [2.24, 2.45) is 5.92 Å². The number of hydrogen-bond donors (Lipinski definition) is 2. The van der Waals surface area contributed by atoms with E-state index < -0.39 is 24.3 Å². The van der Waals surface area contributed by atoms with Crippen LogP contribution in [-0.4, -0.2) is 113 Å². The molecule has 4 heterocycles. The highest BCUT2D eigenvalue weighted by Gasteiger charge is 2.34. The smallest absolute Gasteiger partial charge is 0.251 e. The summed E-state index contributed by atoms with van der Waals surface area (Å²) in [6.45, 7) is 10.6. The number of piperidine rings is 1. The van der Waals surface area contributed by atoms with E-state index in [9.17, 15) is 14.3 Å². The minimum absolute atomic E-state index is 0.0945. The summed E-state index contributed by atoms with van der Waals surface area (Å²) in [6, 6.07) is 13.9. The van der Waals surface area contributed by atoms with Crippen molar-refractivity contribution in [2.45, 2.75) is 38.6 Å². The fourth-order valence-corrected chi connectivity index (χ4v) is 5.89. The van der Waals surface area contributed by atoms with Crippen molar-refractivity contribution in [3.8, 4) is 17.1 Å². The Morgan fingerprint density at radius 3 is 2.55 bits per heavy atom. The van der Waals surface area contributed by atoms with Crippen LogP contribution >= 0.6 is 0 Å². The average Bonchev–Trinajstić information content (AvgIpc) is 3.01. The number of carbonyl (C=O) groups excluding carboxylic acids is 1. The van der Waals surface area contributed by atoms with E-state index in [2.05, 4.69) is 42.2 Å². The lowest BCUT2D eigenvalue weighted by molar-refractivity contribution is -0.143. The van der Waals surface area contributed by atoms with Crippen LogP contribution in [0.3, 0.4) is 0 Å². The van der Waals surface area contributed by atoms with Crippen LogP contribution in [0.4, 0.5) is 21.7 Å². The molecule has 11 nitrogen and oxygen atoms in total. The van der Waals surface area contributed by atoms with Gasteiger partial charge in [0.1, 0.15) is 24.3 Å². The first-order chi connectivity index (χ1) is 21.3. The Balaban J connectivity index is 1.03. The van der Waals surface area contributed by atoms with Crippen LogP contribution in [0.5, 0.6) is 5.75 Å². The number of aromatic nitrogens is 3. The summed E-state index contributed by atoms with van der Waals surface area (Å²) in [5.41, 5.74) is 3.69. The van der Waals surface area contributed by atoms with E-state index in [1.165, 1.54) is 23.8 Å². The van der Waals surface area contributed by atoms with Crippen molar-refractivity contribution in [1.29, 1.82) is 0 Å². The third-order valence-electron chi connectivity index (χ3n) is 8.52. The molecule has 12 heteroatoms. The first-order valence-electron chi connectivity index (χ1n) is 15.3. The number of hydrogen-bond acceptors (Lipinski definition) is 10. The molecule has 2 aromatic carbocycles. The number of likely N-dealkylation sites (tertiary alicyclic amines) is 1. The van der Waals surface area contributed by atoms with Crippen LogP contribution in [0.1, 0.15) is 18.9 Å². The standard InChI is InChI=1S/C32H40FN7O4/c1-21-15-24(3-8-28(21)44-29-9-10-40(17-27(29)33)31(42)22(2)41)30-34-20-35-32(37-30)36-25-4-6-26(7-5-25)39-13-11-38(12-14-39)16-23-18-43-19-23/h3-8,15,20,22-23,27,29,41H,9-14,16-19H2,1-2H3,(H,34,35,36,37)/t22-,27+,29-/m0/s1. The Morgan fingerprint density at radius 1 is 1.11 bits per heavy atom. The second kappa shape index (κ2) is 13.4. The average molecular weight is 606 g/mol. The second-order valence-corrected chi connectivity index (χ2v) is 11.9. The van der Waals surface area contributed by atoms with Gasteiger partial charge in [-0.05, 0) is 61.9 Å². The molecule has 0 saturated carbocycles. The lowest BCUT2D eigenvalue weighted by Gasteiger charge is -2.39. The molecule has 3 aromatic rings. The second-order valence-electron chi connectivity index (χ2n) is 11.9. The molecule has 3 aliphatic heterocycles. The van der Waals surface area contributed by atoms with Crippen LogP contribution in [0.25, 0.3) is 11.4 Å². The third-order valence-corrected chi connectivity index (χ3v) is 8.52. The largest absolute Gasteiger partial charge is 0.487 e. The molecule has 3 aliphatic rings. The minimum atomic E-state index is -1.35. The number of ether oxygens (including phenoxy) is 2. The number of rotatable bonds is 9. The maximum atomic E-state index is 14.8. The topological polar surface area (TPSA) is 116 Å². The number of aliphatic hydroxyl groups excluding tert-OH is 1. The summed E-state index contributed by atoms with van der Waals surface area (Å²) in [5.74, 6) is 1.75. The van der Waals surface area contributed by atoms with Gasteiger partial charge >= 0.3 is 0 Å². The highest BCUT2D eigenvalue weighted by Crippen LogP contribution is 2.29. The maximum absolute atomic E-state index is 14.8. The predicted octanol–water partition coefficient (Wildman–Crippen LogP) is 3.06. The van der Waals surface area contributed by atoms with E-state index in [1.54, 1.807) is 6.07 Å². The number of nitrogens with zero attached hydrogens (tertiary/aromatic N) is 6. The SMILES string of the molecule is Cc1cc(-c2ncnc(Nc3ccc(N4CCN(CC5COC5)CC4)cc3)n2)ccc1O[C@H]1CCN(C(=O)[C@H](C)O)C[C@H]1F. The van der Waals surface area contributed by atoms with Gasteiger partial charge in [0.25, 0.3) is 5.91 Å². The lowest BCUT2D eigenvalue weighted by Crippen LogP contribution is -2.51. The van der Waals surface area contributed by atoms with Crippen LogP contribution in [0.15, 0.2) is 48.8 Å². The molecular formula is C32H40FN7O4. The molecule has 0 bridgehead atoms. The molecule has 0 spiro atoms. The molecular weight excluding hydrogens is 565 g/mol. The predicted molar refractivity (Wildman–Crippen MR) is 165 cm³/mol. The number of aliphatic hydroxyl groups is 1. The number of benzene rings is 2. The molecule has 2 N–H and O–H groups in total. The summed E-state index contributed by atoms with van der Waals surface area (Å²) >= 11 is 0. The molecule has 234 valence electrons. The summed E-state index contributed by atoms with van der Waals surface area (Å²) in [6.07, 6.45) is -1.34. The molecule has 3 fully saturated rings. The summed E-state index contributed by atoms with van der Waals surface area (Å²) in [5, 5.41) is 12.8. The van der Waals surface area contributed by atoms with Crippen molar-refractivity contribution >= 4 is 23.2 Å². The summed E-state index contributed by atoms with van der Waals surface area (Å²) in [7, 11) is 0. The number of aryl methyl sites for hydroxylation is 1. The summed E-state index contributed by atoms with van der Waals surface area (Å²) in [4.78, 5) is 31.6. The van der Waals surface area contributed by atoms with E-state index >= 15 is 0 Å². The normalized spacial score (nSPS) is 21.9. The van der Waals surface area contributed by atoms with Gasteiger partial charge in [-0.25, -0.2) is 14.4 Å². The fraction of sp³-hybridized carbons (Fsp3) is 0.500. The molecule has 1 amide bonds. The van der Waals surface area contributed by atoms with Crippen LogP contribution in [0.2, 0.25) is 0 Å². The van der Waals surface area contributed by atoms with Crippen molar-refractivity contribution in [3.05, 3.63) is 54.4 Å². The van der Waals surface area contributed by atoms with Crippen molar-refractivity contribution in [2.75, 3.05) is 69.2 Å². The highest BCUT2D eigenvalue weighted by atomic mass is 19.1. The van der Waals surface area contributed by atoms with Gasteiger partial charge in [0.15, 0.2) is 12.0 Å². The first-order valence-corrected chi connectivity index (χ1v) is 15.3. The molecule has 0 radical (unpaired) electrons. The van der Waals surface area contributed by atoms with E-state index in [4.69, 9.17) is 9.47 Å². The number of amides is 1. The van der Waals surface area contributed by atoms with Gasteiger partial charge in [-0.1, -0.05) is 0 Å². The Bertz CT molecular complexity index is 1430. The third kappa shape index (κ3) is 7.09. The molecule has 1 aromatic heterocycles. The zero-order valence-electron chi connectivity index (χ0n) is 25.2. The van der Waals surface area contributed by atoms with Gasteiger partial charge in [0, 0.05) is 68.5 Å². The van der Waals surface area contributed by atoms with Gasteiger partial charge in [0.2, 0.25) is 5.95 Å². The Hall–Kier alpha value is -3.87. The minimum Gasteiger partial charge on any atom is -0.487 e. The van der Waals surface area contributed by atoms with Crippen LogP contribution < -0.4 is 15.0 Å². The number of nitrogens with one attached hydrogen (secondary N) is 1. The Morgan fingerprint density at radius 2 is 1.89 bits per heavy atom. The van der Waals surface area contributed by atoms with Crippen molar-refractivity contribution in [1.82, 2.24) is 24.8 Å². The molecule has 3 saturated heterocycles. The number of halogens is 1. The van der Waals surface area contributed by atoms with Crippen molar-refractivity contribution in [3.63, 3.8) is 0 Å². The maximum Gasteiger partial charge on any atom is 0.251 e. The van der Waals surface area contributed by atoms with E-state index in [1.807, 2.05) is 31.2 Å². The van der Waals surface area contributed by atoms with Gasteiger partial charge in [0.05, 0.1) is 19.8 Å². The highest BCUT2D eigenvalue weighted by molar-refractivity contribution is 5.80. The van der Waals surface area contributed by atoms with Gasteiger partial charge in [-0.2, -0.15) is 4.98 Å². The van der Waals surface area contributed by atoms with E-state index in [0.717, 1.165) is 62.8 Å². The lowest BCUT2D eigenvalue weighted by atomic mass is 10.0. The first kappa shape index (κ1) is 30.2.